The Morgan fingerprint density at radius 1 is 1.18 bits per heavy atom. The quantitative estimate of drug-likeness (QED) is 0.780. The van der Waals surface area contributed by atoms with Crippen molar-refractivity contribution in [1.29, 1.82) is 5.26 Å². The molecule has 0 aliphatic heterocycles. The fourth-order valence-corrected chi connectivity index (χ4v) is 2.65. The molecule has 0 spiro atoms. The summed E-state index contributed by atoms with van der Waals surface area (Å²) in [7, 11) is 0. The number of benzene rings is 1. The first-order valence-corrected chi connectivity index (χ1v) is 6.88. The second-order valence-electron chi connectivity index (χ2n) is 5.28. The van der Waals surface area contributed by atoms with Gasteiger partial charge in [0.1, 0.15) is 6.07 Å². The first-order chi connectivity index (χ1) is 10.5. The lowest BCUT2D eigenvalue weighted by atomic mass is 10.1. The molecule has 2 heterocycles. The zero-order chi connectivity index (χ0) is 15.9. The molecule has 4 nitrogen and oxygen atoms in total. The van der Waals surface area contributed by atoms with Gasteiger partial charge in [0.2, 0.25) is 0 Å². The molecule has 0 atom stereocenters. The normalized spacial score (nSPS) is 10.6. The van der Waals surface area contributed by atoms with Gasteiger partial charge in [0, 0.05) is 6.20 Å². The first kappa shape index (κ1) is 13.9. The summed E-state index contributed by atoms with van der Waals surface area (Å²) in [5.41, 5.74) is 5.74. The average Bonchev–Trinajstić information content (AvgIpc) is 2.90. The number of hydrogen-bond donors (Lipinski definition) is 1. The Morgan fingerprint density at radius 2 is 1.86 bits per heavy atom. The van der Waals surface area contributed by atoms with E-state index in [4.69, 9.17) is 5.11 Å². The summed E-state index contributed by atoms with van der Waals surface area (Å²) < 4.78 is 1.98. The SMILES string of the molecule is Cc1ccn2c(-c3ccc(C(=O)O)cc3)cc(C#N)c2c1C. The van der Waals surface area contributed by atoms with Crippen molar-refractivity contribution >= 4 is 11.5 Å². The van der Waals surface area contributed by atoms with E-state index in [2.05, 4.69) is 6.07 Å². The Bertz CT molecular complexity index is 928. The molecule has 3 rings (SSSR count). The van der Waals surface area contributed by atoms with Crippen LogP contribution in [0.2, 0.25) is 0 Å². The Balaban J connectivity index is 2.26. The van der Waals surface area contributed by atoms with Crippen molar-refractivity contribution in [1.82, 2.24) is 4.40 Å². The van der Waals surface area contributed by atoms with E-state index in [1.807, 2.05) is 36.6 Å². The van der Waals surface area contributed by atoms with Gasteiger partial charge in [-0.3, -0.25) is 0 Å². The van der Waals surface area contributed by atoms with Crippen LogP contribution in [0.15, 0.2) is 42.6 Å². The van der Waals surface area contributed by atoms with Gasteiger partial charge in [0.15, 0.2) is 0 Å². The molecule has 0 saturated carbocycles. The molecular weight excluding hydrogens is 276 g/mol. The Hall–Kier alpha value is -3.06. The third-order valence-corrected chi connectivity index (χ3v) is 4.01. The molecule has 1 aromatic carbocycles. The summed E-state index contributed by atoms with van der Waals surface area (Å²) in [6.07, 6.45) is 1.94. The van der Waals surface area contributed by atoms with Gasteiger partial charge in [0.05, 0.1) is 22.3 Å². The van der Waals surface area contributed by atoms with E-state index < -0.39 is 5.97 Å². The molecule has 2 aromatic heterocycles. The standard InChI is InChI=1S/C18H14N2O2/c1-11-7-8-20-16(9-15(10-19)17(20)12(11)2)13-3-5-14(6-4-13)18(21)22/h3-9H,1-2H3,(H,21,22). The van der Waals surface area contributed by atoms with Crippen LogP contribution in [0.5, 0.6) is 0 Å². The van der Waals surface area contributed by atoms with Crippen molar-refractivity contribution in [2.45, 2.75) is 13.8 Å². The van der Waals surface area contributed by atoms with Crippen LogP contribution in [-0.2, 0) is 0 Å². The van der Waals surface area contributed by atoms with Gasteiger partial charge in [-0.05, 0) is 54.8 Å². The van der Waals surface area contributed by atoms with Crippen molar-refractivity contribution in [3.8, 4) is 17.3 Å². The van der Waals surface area contributed by atoms with Crippen molar-refractivity contribution in [3.63, 3.8) is 0 Å². The van der Waals surface area contributed by atoms with Gasteiger partial charge in [-0.2, -0.15) is 5.26 Å². The van der Waals surface area contributed by atoms with Gasteiger partial charge >= 0.3 is 5.97 Å². The fraction of sp³-hybridized carbons (Fsp3) is 0.111. The van der Waals surface area contributed by atoms with Crippen LogP contribution < -0.4 is 0 Å². The second kappa shape index (κ2) is 5.05. The molecule has 0 aliphatic carbocycles. The van der Waals surface area contributed by atoms with Gasteiger partial charge in [-0.1, -0.05) is 12.1 Å². The molecule has 1 N–H and O–H groups in total. The molecule has 0 fully saturated rings. The summed E-state index contributed by atoms with van der Waals surface area (Å²) in [4.78, 5) is 10.9. The van der Waals surface area contributed by atoms with Crippen molar-refractivity contribution < 1.29 is 9.90 Å². The number of carboxylic acids is 1. The number of pyridine rings is 1. The lowest BCUT2D eigenvalue weighted by Crippen LogP contribution is -1.96. The van der Waals surface area contributed by atoms with E-state index >= 15 is 0 Å². The van der Waals surface area contributed by atoms with Crippen LogP contribution >= 0.6 is 0 Å². The van der Waals surface area contributed by atoms with E-state index in [0.29, 0.717) is 5.56 Å². The summed E-state index contributed by atoms with van der Waals surface area (Å²) in [6, 6.07) is 12.8. The van der Waals surface area contributed by atoms with Crippen LogP contribution in [0.4, 0.5) is 0 Å². The lowest BCUT2D eigenvalue weighted by Gasteiger charge is -2.07. The average molecular weight is 290 g/mol. The molecule has 0 radical (unpaired) electrons. The van der Waals surface area contributed by atoms with E-state index in [0.717, 1.165) is 27.9 Å². The fourth-order valence-electron chi connectivity index (χ4n) is 2.65. The molecule has 0 saturated heterocycles. The number of nitriles is 1. The van der Waals surface area contributed by atoms with E-state index in [1.54, 1.807) is 24.3 Å². The molecular formula is C18H14N2O2. The molecule has 108 valence electrons. The second-order valence-corrected chi connectivity index (χ2v) is 5.28. The van der Waals surface area contributed by atoms with Crippen LogP contribution in [0.25, 0.3) is 16.8 Å². The van der Waals surface area contributed by atoms with Crippen molar-refractivity contribution in [3.05, 3.63) is 64.8 Å². The number of fused-ring (bicyclic) bond motifs is 1. The minimum Gasteiger partial charge on any atom is -0.478 e. The van der Waals surface area contributed by atoms with Crippen molar-refractivity contribution in [2.24, 2.45) is 0 Å². The number of nitrogens with zero attached hydrogens (tertiary/aromatic N) is 2. The third-order valence-electron chi connectivity index (χ3n) is 4.01. The van der Waals surface area contributed by atoms with Crippen LogP contribution in [-0.4, -0.2) is 15.5 Å². The van der Waals surface area contributed by atoms with E-state index in [-0.39, 0.29) is 5.56 Å². The number of carbonyl (C=O) groups is 1. The largest absolute Gasteiger partial charge is 0.478 e. The zero-order valence-electron chi connectivity index (χ0n) is 12.3. The van der Waals surface area contributed by atoms with Gasteiger partial charge < -0.3 is 9.51 Å². The summed E-state index contributed by atoms with van der Waals surface area (Å²) >= 11 is 0. The monoisotopic (exact) mass is 290 g/mol. The van der Waals surface area contributed by atoms with E-state index in [1.165, 1.54) is 0 Å². The number of aryl methyl sites for hydroxylation is 2. The highest BCUT2D eigenvalue weighted by Crippen LogP contribution is 2.29. The molecule has 0 unspecified atom stereocenters. The highest BCUT2D eigenvalue weighted by molar-refractivity contribution is 5.88. The highest BCUT2D eigenvalue weighted by Gasteiger charge is 2.14. The number of aromatic nitrogens is 1. The molecule has 4 heteroatoms. The predicted molar refractivity (Wildman–Crippen MR) is 84.0 cm³/mol. The van der Waals surface area contributed by atoms with Crippen LogP contribution in [0.1, 0.15) is 27.0 Å². The minimum atomic E-state index is -0.948. The van der Waals surface area contributed by atoms with Crippen LogP contribution in [0.3, 0.4) is 0 Å². The molecule has 0 bridgehead atoms. The number of carboxylic acid groups (broad SMARTS) is 1. The van der Waals surface area contributed by atoms with Crippen molar-refractivity contribution in [2.75, 3.05) is 0 Å². The maximum atomic E-state index is 10.9. The first-order valence-electron chi connectivity index (χ1n) is 6.88. The smallest absolute Gasteiger partial charge is 0.335 e. The van der Waals surface area contributed by atoms with Gasteiger partial charge in [-0.15, -0.1) is 0 Å². The third kappa shape index (κ3) is 2.04. The van der Waals surface area contributed by atoms with Gasteiger partial charge in [-0.25, -0.2) is 4.79 Å². The topological polar surface area (TPSA) is 65.5 Å². The predicted octanol–water partition coefficient (Wildman–Crippen LogP) is 3.79. The highest BCUT2D eigenvalue weighted by atomic mass is 16.4. The Morgan fingerprint density at radius 3 is 2.45 bits per heavy atom. The Kier molecular flexibility index (Phi) is 3.19. The Labute approximate surface area is 127 Å². The maximum Gasteiger partial charge on any atom is 0.335 e. The minimum absolute atomic E-state index is 0.247. The molecule has 3 aromatic rings. The number of hydrogen-bond acceptors (Lipinski definition) is 2. The number of rotatable bonds is 2. The number of aromatic carboxylic acids is 1. The lowest BCUT2D eigenvalue weighted by molar-refractivity contribution is 0.0697. The summed E-state index contributed by atoms with van der Waals surface area (Å²) in [6.45, 7) is 4.02. The molecule has 22 heavy (non-hydrogen) atoms. The zero-order valence-corrected chi connectivity index (χ0v) is 12.3. The maximum absolute atomic E-state index is 10.9. The van der Waals surface area contributed by atoms with E-state index in [9.17, 15) is 10.1 Å². The molecule has 0 aliphatic rings. The summed E-state index contributed by atoms with van der Waals surface area (Å²) in [5.74, 6) is -0.948. The molecule has 0 amide bonds. The summed E-state index contributed by atoms with van der Waals surface area (Å²) in [5, 5.41) is 18.4. The van der Waals surface area contributed by atoms with Gasteiger partial charge in [0.25, 0.3) is 0 Å². The van der Waals surface area contributed by atoms with Crippen LogP contribution in [0, 0.1) is 25.2 Å².